The van der Waals surface area contributed by atoms with Crippen molar-refractivity contribution < 1.29 is 17.7 Å². The van der Waals surface area contributed by atoms with Crippen LogP contribution in [-0.4, -0.2) is 23.1 Å². The Balaban J connectivity index is 1.87. The predicted molar refractivity (Wildman–Crippen MR) is 100 cm³/mol. The van der Waals surface area contributed by atoms with Crippen LogP contribution in [0.3, 0.4) is 0 Å². The second-order valence-corrected chi connectivity index (χ2v) is 7.86. The highest BCUT2D eigenvalue weighted by Gasteiger charge is 2.22. The van der Waals surface area contributed by atoms with Crippen LogP contribution in [0.15, 0.2) is 53.4 Å². The number of nitrogens with one attached hydrogen (secondary N) is 1. The maximum atomic E-state index is 13.5. The summed E-state index contributed by atoms with van der Waals surface area (Å²) in [5, 5.41) is 15.3. The normalized spacial score (nSPS) is 11.5. The number of hydrogen-bond acceptors (Lipinski definition) is 5. The van der Waals surface area contributed by atoms with Gasteiger partial charge in [-0.15, -0.1) is 0 Å². The van der Waals surface area contributed by atoms with E-state index in [1.165, 1.54) is 0 Å². The molecule has 0 radical (unpaired) electrons. The monoisotopic (exact) mass is 404 g/mol. The van der Waals surface area contributed by atoms with Crippen molar-refractivity contribution in [2.75, 3.05) is 0 Å². The lowest BCUT2D eigenvalue weighted by Crippen LogP contribution is -2.24. The van der Waals surface area contributed by atoms with Crippen molar-refractivity contribution in [2.24, 2.45) is 0 Å². The Morgan fingerprint density at radius 2 is 1.86 bits per heavy atom. The van der Waals surface area contributed by atoms with Crippen molar-refractivity contribution in [1.82, 2.24) is 14.5 Å². The SMILES string of the molecule is Cc1nn(-c2ccccc2)c(C)c1CNS(=O)(=O)c1ccc(F)c([N+](=O)[O-])c1. The van der Waals surface area contributed by atoms with E-state index < -0.39 is 26.5 Å². The second kappa shape index (κ2) is 7.49. The van der Waals surface area contributed by atoms with E-state index in [0.717, 1.165) is 23.5 Å². The number of nitrogens with zero attached hydrogens (tertiary/aromatic N) is 3. The van der Waals surface area contributed by atoms with Gasteiger partial charge >= 0.3 is 5.69 Å². The minimum absolute atomic E-state index is 0.0575. The van der Waals surface area contributed by atoms with Crippen molar-refractivity contribution >= 4 is 15.7 Å². The summed E-state index contributed by atoms with van der Waals surface area (Å²) in [6.45, 7) is 3.52. The Morgan fingerprint density at radius 3 is 2.50 bits per heavy atom. The molecule has 1 N–H and O–H groups in total. The molecule has 0 atom stereocenters. The summed E-state index contributed by atoms with van der Waals surface area (Å²) < 4.78 is 42.6. The molecule has 0 saturated heterocycles. The molecule has 0 spiro atoms. The first kappa shape index (κ1) is 19.6. The minimum atomic E-state index is -4.08. The lowest BCUT2D eigenvalue weighted by molar-refractivity contribution is -0.387. The van der Waals surface area contributed by atoms with Gasteiger partial charge < -0.3 is 0 Å². The highest BCUT2D eigenvalue weighted by Crippen LogP contribution is 2.22. The fourth-order valence-electron chi connectivity index (χ4n) is 2.80. The van der Waals surface area contributed by atoms with Crippen LogP contribution in [0.2, 0.25) is 0 Å². The van der Waals surface area contributed by atoms with Crippen LogP contribution in [0.5, 0.6) is 0 Å². The quantitative estimate of drug-likeness (QED) is 0.502. The smallest absolute Gasteiger partial charge is 0.258 e. The summed E-state index contributed by atoms with van der Waals surface area (Å²) in [7, 11) is -4.08. The van der Waals surface area contributed by atoms with E-state index in [0.29, 0.717) is 17.3 Å². The van der Waals surface area contributed by atoms with Crippen molar-refractivity contribution in [2.45, 2.75) is 25.3 Å². The molecule has 0 saturated carbocycles. The van der Waals surface area contributed by atoms with Gasteiger partial charge in [-0.2, -0.15) is 9.49 Å². The number of benzene rings is 2. The number of aryl methyl sites for hydroxylation is 1. The number of halogens is 1. The molecule has 146 valence electrons. The molecule has 0 fully saturated rings. The molecule has 1 heterocycles. The average molecular weight is 404 g/mol. The molecule has 3 rings (SSSR count). The number of para-hydroxylation sites is 1. The fourth-order valence-corrected chi connectivity index (χ4v) is 3.82. The molecule has 1 aromatic heterocycles. The zero-order chi connectivity index (χ0) is 20.5. The molecule has 0 aliphatic heterocycles. The van der Waals surface area contributed by atoms with E-state index in [9.17, 15) is 22.9 Å². The molecule has 2 aromatic carbocycles. The summed E-state index contributed by atoms with van der Waals surface area (Å²) in [4.78, 5) is 9.50. The maximum Gasteiger partial charge on any atom is 0.306 e. The van der Waals surface area contributed by atoms with E-state index in [1.54, 1.807) is 11.6 Å². The lowest BCUT2D eigenvalue weighted by atomic mass is 10.2. The highest BCUT2D eigenvalue weighted by molar-refractivity contribution is 7.89. The van der Waals surface area contributed by atoms with E-state index in [2.05, 4.69) is 9.82 Å². The van der Waals surface area contributed by atoms with Crippen LogP contribution < -0.4 is 4.72 Å². The van der Waals surface area contributed by atoms with Gasteiger partial charge in [0.25, 0.3) is 0 Å². The lowest BCUT2D eigenvalue weighted by Gasteiger charge is -2.08. The van der Waals surface area contributed by atoms with Gasteiger partial charge in [0, 0.05) is 23.9 Å². The van der Waals surface area contributed by atoms with Crippen molar-refractivity contribution in [3.8, 4) is 5.69 Å². The van der Waals surface area contributed by atoms with E-state index in [1.807, 2.05) is 37.3 Å². The van der Waals surface area contributed by atoms with Crippen LogP contribution in [0.25, 0.3) is 5.69 Å². The Kier molecular flexibility index (Phi) is 5.25. The summed E-state index contributed by atoms with van der Waals surface area (Å²) >= 11 is 0. The minimum Gasteiger partial charge on any atom is -0.258 e. The molecule has 3 aromatic rings. The maximum absolute atomic E-state index is 13.5. The van der Waals surface area contributed by atoms with Gasteiger partial charge in [0.15, 0.2) is 0 Å². The topological polar surface area (TPSA) is 107 Å². The van der Waals surface area contributed by atoms with Gasteiger partial charge in [0.2, 0.25) is 15.8 Å². The predicted octanol–water partition coefficient (Wildman–Crippen LogP) is 3.01. The van der Waals surface area contributed by atoms with Crippen LogP contribution in [0, 0.1) is 29.8 Å². The van der Waals surface area contributed by atoms with Gasteiger partial charge in [0.1, 0.15) is 0 Å². The Hall–Kier alpha value is -3.11. The molecule has 0 amide bonds. The molecule has 0 aliphatic rings. The number of nitro benzene ring substituents is 1. The highest BCUT2D eigenvalue weighted by atomic mass is 32.2. The van der Waals surface area contributed by atoms with Gasteiger partial charge in [0.05, 0.1) is 21.2 Å². The molecule has 0 unspecified atom stereocenters. The molecule has 28 heavy (non-hydrogen) atoms. The number of nitro groups is 1. The molecule has 10 heteroatoms. The first-order chi connectivity index (χ1) is 13.2. The van der Waals surface area contributed by atoms with E-state index in [-0.39, 0.29) is 11.4 Å². The van der Waals surface area contributed by atoms with E-state index in [4.69, 9.17) is 0 Å². The summed E-state index contributed by atoms with van der Waals surface area (Å²) in [5.74, 6) is -1.10. The average Bonchev–Trinajstić information content (AvgIpc) is 2.94. The van der Waals surface area contributed by atoms with Crippen molar-refractivity contribution in [3.63, 3.8) is 0 Å². The van der Waals surface area contributed by atoms with Crippen molar-refractivity contribution in [1.29, 1.82) is 0 Å². The van der Waals surface area contributed by atoms with Gasteiger partial charge in [-0.05, 0) is 38.1 Å². The summed E-state index contributed by atoms with van der Waals surface area (Å²) in [6, 6.07) is 11.8. The Bertz CT molecular complexity index is 1140. The third-order valence-electron chi connectivity index (χ3n) is 4.31. The second-order valence-electron chi connectivity index (χ2n) is 6.09. The molecule has 0 bridgehead atoms. The summed E-state index contributed by atoms with van der Waals surface area (Å²) in [5.41, 5.74) is 2.04. The summed E-state index contributed by atoms with van der Waals surface area (Å²) in [6.07, 6.45) is 0. The Morgan fingerprint density at radius 1 is 1.18 bits per heavy atom. The molecule has 0 aliphatic carbocycles. The zero-order valence-corrected chi connectivity index (χ0v) is 15.9. The van der Waals surface area contributed by atoms with Gasteiger partial charge in [-0.3, -0.25) is 10.1 Å². The first-order valence-corrected chi connectivity index (χ1v) is 9.73. The number of sulfonamides is 1. The van der Waals surface area contributed by atoms with Crippen LogP contribution in [-0.2, 0) is 16.6 Å². The Labute approximate surface area is 160 Å². The third kappa shape index (κ3) is 3.78. The number of aromatic nitrogens is 2. The standard InChI is InChI=1S/C18H17FN4O4S/c1-12-16(13(2)22(21-12)14-6-4-3-5-7-14)11-20-28(26,27)15-8-9-17(19)18(10-15)23(24)25/h3-10,20H,11H2,1-2H3. The number of rotatable bonds is 6. The van der Waals surface area contributed by atoms with Gasteiger partial charge in [-0.25, -0.2) is 17.8 Å². The van der Waals surface area contributed by atoms with Crippen LogP contribution in [0.4, 0.5) is 10.1 Å². The third-order valence-corrected chi connectivity index (χ3v) is 5.70. The number of hydrogen-bond donors (Lipinski definition) is 1. The van der Waals surface area contributed by atoms with Gasteiger partial charge in [-0.1, -0.05) is 18.2 Å². The fraction of sp³-hybridized carbons (Fsp3) is 0.167. The largest absolute Gasteiger partial charge is 0.306 e. The molecular formula is C18H17FN4O4S. The van der Waals surface area contributed by atoms with Crippen LogP contribution >= 0.6 is 0 Å². The zero-order valence-electron chi connectivity index (χ0n) is 15.1. The van der Waals surface area contributed by atoms with Crippen LogP contribution in [0.1, 0.15) is 17.0 Å². The molecule has 8 nitrogen and oxygen atoms in total. The van der Waals surface area contributed by atoms with Crippen molar-refractivity contribution in [3.05, 3.63) is 81.4 Å². The van der Waals surface area contributed by atoms with E-state index >= 15 is 0 Å². The first-order valence-electron chi connectivity index (χ1n) is 8.25. The molecular weight excluding hydrogens is 387 g/mol.